The molecule has 7 heteroatoms. The summed E-state index contributed by atoms with van der Waals surface area (Å²) in [5.41, 5.74) is 0.562. The zero-order valence-electron chi connectivity index (χ0n) is 13.3. The first kappa shape index (κ1) is 18.3. The van der Waals surface area contributed by atoms with Crippen LogP contribution in [0.5, 0.6) is 0 Å². The minimum absolute atomic E-state index is 0.0909. The minimum Gasteiger partial charge on any atom is -0.467 e. The number of esters is 1. The Morgan fingerprint density at radius 1 is 1.13 bits per heavy atom. The molecule has 0 saturated heterocycles. The Morgan fingerprint density at radius 2 is 1.78 bits per heavy atom. The Labute approximate surface area is 134 Å². The highest BCUT2D eigenvalue weighted by Gasteiger charge is 2.23. The van der Waals surface area contributed by atoms with E-state index in [4.69, 9.17) is 0 Å². The van der Waals surface area contributed by atoms with E-state index in [1.807, 2.05) is 0 Å². The zero-order valence-corrected chi connectivity index (χ0v) is 13.3. The van der Waals surface area contributed by atoms with Crippen molar-refractivity contribution in [1.82, 2.24) is 5.32 Å². The molecule has 0 radical (unpaired) electrons. The van der Waals surface area contributed by atoms with E-state index in [1.165, 1.54) is 27.0 Å². The summed E-state index contributed by atoms with van der Waals surface area (Å²) in [6.07, 6.45) is 0.295. The van der Waals surface area contributed by atoms with Crippen LogP contribution < -0.4 is 10.6 Å². The molecule has 1 aromatic rings. The molecule has 1 aromatic carbocycles. The molecule has 0 unspecified atom stereocenters. The van der Waals surface area contributed by atoms with Gasteiger partial charge in [0.15, 0.2) is 0 Å². The van der Waals surface area contributed by atoms with Crippen LogP contribution in [0, 0.1) is 0 Å². The molecular weight excluding hydrogens is 300 g/mol. The second-order valence-corrected chi connectivity index (χ2v) is 5.02. The molecule has 1 atom stereocenters. The van der Waals surface area contributed by atoms with Gasteiger partial charge in [0.05, 0.1) is 18.4 Å². The highest BCUT2D eigenvalue weighted by atomic mass is 16.5. The van der Waals surface area contributed by atoms with Gasteiger partial charge in [0, 0.05) is 13.3 Å². The molecule has 0 spiro atoms. The number of anilines is 1. The summed E-state index contributed by atoms with van der Waals surface area (Å²) in [7, 11) is 1.21. The van der Waals surface area contributed by atoms with Crippen molar-refractivity contribution in [3.8, 4) is 0 Å². The number of hydrogen-bond acceptors (Lipinski definition) is 5. The maximum atomic E-state index is 12.4. The molecular formula is C16H20N2O5. The van der Waals surface area contributed by atoms with E-state index in [2.05, 4.69) is 15.4 Å². The quantitative estimate of drug-likeness (QED) is 0.737. The standard InChI is InChI=1S/C16H20N2O5/c1-10(19)8-9-14(16(22)23-3)18-15(21)12-6-4-5-7-13(12)17-11(2)20/h4-7,14H,8-9H2,1-3H3,(H,17,20)(H,18,21)/t14-/m0/s1. The second kappa shape index (κ2) is 8.67. The summed E-state index contributed by atoms with van der Waals surface area (Å²) in [4.78, 5) is 46.4. The number of methoxy groups -OCH3 is 1. The van der Waals surface area contributed by atoms with E-state index >= 15 is 0 Å². The third-order valence-electron chi connectivity index (χ3n) is 3.06. The van der Waals surface area contributed by atoms with Crippen molar-refractivity contribution in [1.29, 1.82) is 0 Å². The van der Waals surface area contributed by atoms with E-state index in [1.54, 1.807) is 18.2 Å². The van der Waals surface area contributed by atoms with Crippen LogP contribution in [0.25, 0.3) is 0 Å². The molecule has 0 bridgehead atoms. The molecule has 124 valence electrons. The lowest BCUT2D eigenvalue weighted by Crippen LogP contribution is -2.42. The van der Waals surface area contributed by atoms with Gasteiger partial charge in [-0.3, -0.25) is 9.59 Å². The van der Waals surface area contributed by atoms with Crippen LogP contribution in [-0.4, -0.2) is 36.7 Å². The maximum Gasteiger partial charge on any atom is 0.328 e. The van der Waals surface area contributed by atoms with Crippen molar-refractivity contribution in [2.24, 2.45) is 0 Å². The van der Waals surface area contributed by atoms with E-state index < -0.39 is 17.9 Å². The molecule has 0 aromatic heterocycles. The SMILES string of the molecule is COC(=O)[C@H](CCC(C)=O)NC(=O)c1ccccc1NC(C)=O. The van der Waals surface area contributed by atoms with Crippen LogP contribution in [0.15, 0.2) is 24.3 Å². The summed E-state index contributed by atoms with van der Waals surface area (Å²) >= 11 is 0. The molecule has 0 aliphatic rings. The van der Waals surface area contributed by atoms with Gasteiger partial charge in [0.25, 0.3) is 5.91 Å². The van der Waals surface area contributed by atoms with E-state index in [0.29, 0.717) is 5.69 Å². The van der Waals surface area contributed by atoms with Crippen LogP contribution in [-0.2, 0) is 19.1 Å². The number of nitrogens with one attached hydrogen (secondary N) is 2. The fourth-order valence-electron chi connectivity index (χ4n) is 1.95. The zero-order chi connectivity index (χ0) is 17.4. The first-order valence-electron chi connectivity index (χ1n) is 7.10. The second-order valence-electron chi connectivity index (χ2n) is 5.02. The molecule has 0 saturated carbocycles. The van der Waals surface area contributed by atoms with Crippen molar-refractivity contribution in [2.75, 3.05) is 12.4 Å². The molecule has 0 aliphatic heterocycles. The number of hydrogen-bond donors (Lipinski definition) is 2. The normalized spacial score (nSPS) is 11.3. The van der Waals surface area contributed by atoms with Crippen LogP contribution >= 0.6 is 0 Å². The summed E-state index contributed by atoms with van der Waals surface area (Å²) in [6.45, 7) is 2.74. The molecule has 0 aliphatic carbocycles. The number of carbonyl (C=O) groups excluding carboxylic acids is 4. The summed E-state index contributed by atoms with van der Waals surface area (Å²) in [5, 5.41) is 5.09. The minimum atomic E-state index is -0.929. The molecule has 0 heterocycles. The maximum absolute atomic E-state index is 12.4. The Balaban J connectivity index is 2.92. The number of rotatable bonds is 7. The van der Waals surface area contributed by atoms with Crippen LogP contribution in [0.2, 0.25) is 0 Å². The molecule has 2 N–H and O–H groups in total. The number of ketones is 1. The Hall–Kier alpha value is -2.70. The lowest BCUT2D eigenvalue weighted by Gasteiger charge is -2.17. The van der Waals surface area contributed by atoms with E-state index in [0.717, 1.165) is 0 Å². The number of para-hydroxylation sites is 1. The number of Topliss-reactive ketones (excluding diaryl/α,β-unsaturated/α-hetero) is 1. The number of ether oxygens (including phenoxy) is 1. The van der Waals surface area contributed by atoms with Gasteiger partial charge in [-0.05, 0) is 25.5 Å². The summed E-state index contributed by atoms with van der Waals surface area (Å²) < 4.78 is 4.64. The molecule has 23 heavy (non-hydrogen) atoms. The first-order chi connectivity index (χ1) is 10.8. The molecule has 2 amide bonds. The Kier molecular flexibility index (Phi) is 6.92. The molecule has 1 rings (SSSR count). The third-order valence-corrected chi connectivity index (χ3v) is 3.06. The molecule has 7 nitrogen and oxygen atoms in total. The Bertz CT molecular complexity index is 612. The topological polar surface area (TPSA) is 102 Å². The summed E-state index contributed by atoms with van der Waals surface area (Å²) in [5.74, 6) is -1.57. The largest absolute Gasteiger partial charge is 0.467 e. The lowest BCUT2D eigenvalue weighted by atomic mass is 10.1. The van der Waals surface area contributed by atoms with Gasteiger partial charge in [0.1, 0.15) is 11.8 Å². The predicted octanol–water partition coefficient (Wildman–Crippen LogP) is 1.29. The third kappa shape index (κ3) is 5.90. The first-order valence-corrected chi connectivity index (χ1v) is 7.10. The van der Waals surface area contributed by atoms with E-state index in [9.17, 15) is 19.2 Å². The van der Waals surface area contributed by atoms with Gasteiger partial charge in [0.2, 0.25) is 5.91 Å². The van der Waals surface area contributed by atoms with Crippen molar-refractivity contribution >= 4 is 29.3 Å². The van der Waals surface area contributed by atoms with Crippen molar-refractivity contribution in [3.63, 3.8) is 0 Å². The number of carbonyl (C=O) groups is 4. The van der Waals surface area contributed by atoms with Gasteiger partial charge in [-0.25, -0.2) is 4.79 Å². The molecule has 0 fully saturated rings. The van der Waals surface area contributed by atoms with Gasteiger partial charge >= 0.3 is 5.97 Å². The number of benzene rings is 1. The van der Waals surface area contributed by atoms with Crippen molar-refractivity contribution in [3.05, 3.63) is 29.8 Å². The monoisotopic (exact) mass is 320 g/mol. The van der Waals surface area contributed by atoms with Gasteiger partial charge in [-0.2, -0.15) is 0 Å². The van der Waals surface area contributed by atoms with E-state index in [-0.39, 0.29) is 30.1 Å². The average molecular weight is 320 g/mol. The fourth-order valence-corrected chi connectivity index (χ4v) is 1.95. The van der Waals surface area contributed by atoms with Gasteiger partial charge < -0.3 is 20.2 Å². The van der Waals surface area contributed by atoms with Crippen molar-refractivity contribution in [2.45, 2.75) is 32.7 Å². The average Bonchev–Trinajstić information content (AvgIpc) is 2.50. The predicted molar refractivity (Wildman–Crippen MR) is 83.9 cm³/mol. The van der Waals surface area contributed by atoms with Crippen LogP contribution in [0.1, 0.15) is 37.0 Å². The van der Waals surface area contributed by atoms with Crippen molar-refractivity contribution < 1.29 is 23.9 Å². The highest BCUT2D eigenvalue weighted by Crippen LogP contribution is 2.15. The Morgan fingerprint density at radius 3 is 2.35 bits per heavy atom. The lowest BCUT2D eigenvalue weighted by molar-refractivity contribution is -0.143. The van der Waals surface area contributed by atoms with Gasteiger partial charge in [-0.15, -0.1) is 0 Å². The smallest absolute Gasteiger partial charge is 0.328 e. The summed E-state index contributed by atoms with van der Waals surface area (Å²) in [6, 6.07) is 5.50. The fraction of sp³-hybridized carbons (Fsp3) is 0.375. The van der Waals surface area contributed by atoms with Crippen LogP contribution in [0.3, 0.4) is 0 Å². The highest BCUT2D eigenvalue weighted by molar-refractivity contribution is 6.04. The van der Waals surface area contributed by atoms with Gasteiger partial charge in [-0.1, -0.05) is 12.1 Å². The van der Waals surface area contributed by atoms with Crippen LogP contribution in [0.4, 0.5) is 5.69 Å². The number of amides is 2.